The van der Waals surface area contributed by atoms with Crippen molar-refractivity contribution in [2.75, 3.05) is 6.61 Å². The second-order valence-corrected chi connectivity index (χ2v) is 7.24. The lowest BCUT2D eigenvalue weighted by Gasteiger charge is -2.08. The van der Waals surface area contributed by atoms with Gasteiger partial charge in [-0.3, -0.25) is 0 Å². The Balaban J connectivity index is 1.20. The first-order valence-electron chi connectivity index (χ1n) is 10.5. The van der Waals surface area contributed by atoms with E-state index in [2.05, 4.69) is 19.9 Å². The normalized spacial score (nSPS) is 11.7. The molecule has 0 aliphatic carbocycles. The van der Waals surface area contributed by atoms with E-state index in [1.54, 1.807) is 29.3 Å². The fraction of sp³-hybridized carbons (Fsp3) is 0.208. The maximum absolute atomic E-state index is 12.2. The van der Waals surface area contributed by atoms with E-state index in [1.165, 1.54) is 30.5 Å². The number of hydrogen-bond acceptors (Lipinski definition) is 7. The number of halogens is 3. The minimum absolute atomic E-state index is 0.216. The van der Waals surface area contributed by atoms with Crippen molar-refractivity contribution in [3.8, 4) is 11.5 Å². The third kappa shape index (κ3) is 8.00. The van der Waals surface area contributed by atoms with E-state index < -0.39 is 6.36 Å². The molecule has 182 valence electrons. The van der Waals surface area contributed by atoms with E-state index in [9.17, 15) is 13.2 Å². The van der Waals surface area contributed by atoms with Crippen molar-refractivity contribution in [2.45, 2.75) is 26.1 Å². The highest BCUT2D eigenvalue weighted by molar-refractivity contribution is 5.66. The Morgan fingerprint density at radius 3 is 2.31 bits per heavy atom. The Labute approximate surface area is 198 Å². The van der Waals surface area contributed by atoms with E-state index in [1.807, 2.05) is 24.3 Å². The molecule has 0 aliphatic rings. The third-order valence-corrected chi connectivity index (χ3v) is 4.58. The average molecular weight is 486 g/mol. The lowest BCUT2D eigenvalue weighted by molar-refractivity contribution is -0.274. The molecule has 0 fully saturated rings. The van der Waals surface area contributed by atoms with Gasteiger partial charge >= 0.3 is 6.36 Å². The Morgan fingerprint density at radius 2 is 1.60 bits per heavy atom. The second-order valence-electron chi connectivity index (χ2n) is 7.24. The molecule has 2 heterocycles. The van der Waals surface area contributed by atoms with E-state index in [4.69, 9.17) is 13.9 Å². The van der Waals surface area contributed by atoms with Gasteiger partial charge in [-0.05, 0) is 41.5 Å². The maximum Gasteiger partial charge on any atom is 0.573 e. The summed E-state index contributed by atoms with van der Waals surface area (Å²) in [4.78, 5) is 5.88. The lowest BCUT2D eigenvalue weighted by atomic mass is 10.2. The van der Waals surface area contributed by atoms with E-state index in [-0.39, 0.29) is 12.4 Å². The van der Waals surface area contributed by atoms with Crippen molar-refractivity contribution in [3.63, 3.8) is 0 Å². The van der Waals surface area contributed by atoms with Gasteiger partial charge in [-0.25, -0.2) is 4.98 Å². The van der Waals surface area contributed by atoms with Crippen LogP contribution in [0.25, 0.3) is 12.2 Å². The number of alkyl halides is 3. The summed E-state index contributed by atoms with van der Waals surface area (Å²) in [6.07, 6.45) is 3.29. The summed E-state index contributed by atoms with van der Waals surface area (Å²) < 4.78 is 57.3. The SMILES string of the molecule is FC(F)(F)Oc1ccc(C=Cc2nc(COc3ccc(COCCn4nccn4)cc3)co2)cc1. The van der Waals surface area contributed by atoms with Crippen LogP contribution in [0.2, 0.25) is 0 Å². The first-order chi connectivity index (χ1) is 16.9. The molecule has 35 heavy (non-hydrogen) atoms. The van der Waals surface area contributed by atoms with Crippen molar-refractivity contribution in [1.29, 1.82) is 0 Å². The standard InChI is InChI=1S/C24H21F3N4O4/c25-24(26,27)35-22-8-1-18(2-9-22)5-10-23-30-20(17-34-23)16-33-21-6-3-19(4-7-21)15-32-14-13-31-28-11-12-29-31/h1-12,17H,13-16H2. The predicted molar refractivity (Wildman–Crippen MR) is 119 cm³/mol. The maximum atomic E-state index is 12.2. The first kappa shape index (κ1) is 24.0. The molecule has 2 aromatic heterocycles. The minimum atomic E-state index is -4.72. The number of hydrogen-bond donors (Lipinski definition) is 0. The molecule has 0 bridgehead atoms. The zero-order valence-electron chi connectivity index (χ0n) is 18.4. The van der Waals surface area contributed by atoms with Crippen LogP contribution < -0.4 is 9.47 Å². The highest BCUT2D eigenvalue weighted by atomic mass is 19.4. The van der Waals surface area contributed by atoms with Gasteiger partial charge in [0, 0.05) is 6.08 Å². The third-order valence-electron chi connectivity index (χ3n) is 4.58. The van der Waals surface area contributed by atoms with Gasteiger partial charge in [-0.2, -0.15) is 15.0 Å². The molecule has 2 aromatic carbocycles. The van der Waals surface area contributed by atoms with Crippen molar-refractivity contribution in [2.24, 2.45) is 0 Å². The summed E-state index contributed by atoms with van der Waals surface area (Å²) in [5.74, 6) is 0.737. The lowest BCUT2D eigenvalue weighted by Crippen LogP contribution is -2.16. The van der Waals surface area contributed by atoms with Crippen LogP contribution in [0, 0.1) is 0 Å². The highest BCUT2D eigenvalue weighted by Gasteiger charge is 2.30. The van der Waals surface area contributed by atoms with Crippen LogP contribution >= 0.6 is 0 Å². The summed E-state index contributed by atoms with van der Waals surface area (Å²) in [7, 11) is 0. The van der Waals surface area contributed by atoms with Crippen LogP contribution in [-0.4, -0.2) is 32.9 Å². The summed E-state index contributed by atoms with van der Waals surface area (Å²) >= 11 is 0. The van der Waals surface area contributed by atoms with Crippen LogP contribution in [0.1, 0.15) is 22.7 Å². The van der Waals surface area contributed by atoms with Gasteiger partial charge in [-0.1, -0.05) is 24.3 Å². The Kier molecular flexibility index (Phi) is 7.78. The molecule has 11 heteroatoms. The monoisotopic (exact) mass is 486 g/mol. The van der Waals surface area contributed by atoms with Crippen molar-refractivity contribution >= 4 is 12.2 Å². The van der Waals surface area contributed by atoms with Gasteiger partial charge in [0.2, 0.25) is 5.89 Å². The molecule has 0 atom stereocenters. The molecule has 0 amide bonds. The van der Waals surface area contributed by atoms with Gasteiger partial charge in [0.15, 0.2) is 0 Å². The molecule has 8 nitrogen and oxygen atoms in total. The number of ether oxygens (including phenoxy) is 3. The van der Waals surface area contributed by atoms with Gasteiger partial charge < -0.3 is 18.6 Å². The molecule has 0 spiro atoms. The van der Waals surface area contributed by atoms with Crippen LogP contribution in [0.3, 0.4) is 0 Å². The molecule has 4 rings (SSSR count). The number of aromatic nitrogens is 4. The zero-order chi connectivity index (χ0) is 24.5. The molecule has 0 N–H and O–H groups in total. The molecule has 4 aromatic rings. The van der Waals surface area contributed by atoms with Crippen LogP contribution in [0.5, 0.6) is 11.5 Å². The Morgan fingerprint density at radius 1 is 0.886 bits per heavy atom. The fourth-order valence-corrected chi connectivity index (χ4v) is 2.95. The topological polar surface area (TPSA) is 84.4 Å². The Bertz CT molecular complexity index is 1210. The van der Waals surface area contributed by atoms with Crippen LogP contribution in [0.4, 0.5) is 13.2 Å². The molecule has 0 saturated heterocycles. The number of oxazole rings is 1. The Hall–Kier alpha value is -4.12. The predicted octanol–water partition coefficient (Wildman–Crippen LogP) is 5.13. The van der Waals surface area contributed by atoms with E-state index in [0.29, 0.717) is 42.7 Å². The van der Waals surface area contributed by atoms with Gasteiger partial charge in [-0.15, -0.1) is 13.2 Å². The van der Waals surface area contributed by atoms with E-state index in [0.717, 1.165) is 5.56 Å². The summed E-state index contributed by atoms with van der Waals surface area (Å²) in [5, 5.41) is 8.03. The summed E-state index contributed by atoms with van der Waals surface area (Å²) in [6.45, 7) is 1.78. The molecule has 0 saturated carbocycles. The fourth-order valence-electron chi connectivity index (χ4n) is 2.95. The average Bonchev–Trinajstić information content (AvgIpc) is 3.52. The van der Waals surface area contributed by atoms with Crippen molar-refractivity contribution < 1.29 is 31.8 Å². The molecular weight excluding hydrogens is 465 g/mol. The van der Waals surface area contributed by atoms with Crippen molar-refractivity contribution in [3.05, 3.63) is 89.9 Å². The van der Waals surface area contributed by atoms with Crippen molar-refractivity contribution in [1.82, 2.24) is 20.0 Å². The van der Waals surface area contributed by atoms with Gasteiger partial charge in [0.1, 0.15) is 30.1 Å². The minimum Gasteiger partial charge on any atom is -0.487 e. The van der Waals surface area contributed by atoms with Crippen LogP contribution in [0.15, 0.2) is 71.6 Å². The number of nitrogens with zero attached hydrogens (tertiary/aromatic N) is 4. The quantitative estimate of drug-likeness (QED) is 0.272. The van der Waals surface area contributed by atoms with Gasteiger partial charge in [0.05, 0.1) is 32.2 Å². The number of benzene rings is 2. The first-order valence-corrected chi connectivity index (χ1v) is 10.5. The zero-order valence-corrected chi connectivity index (χ0v) is 18.4. The summed E-state index contributed by atoms with van der Waals surface area (Å²) in [5.41, 5.74) is 2.27. The molecule has 0 radical (unpaired) electrons. The molecule has 0 unspecified atom stereocenters. The number of rotatable bonds is 11. The smallest absolute Gasteiger partial charge is 0.487 e. The highest BCUT2D eigenvalue weighted by Crippen LogP contribution is 2.23. The van der Waals surface area contributed by atoms with E-state index >= 15 is 0 Å². The summed E-state index contributed by atoms with van der Waals surface area (Å²) in [6, 6.07) is 13.0. The van der Waals surface area contributed by atoms with Gasteiger partial charge in [0.25, 0.3) is 0 Å². The molecular formula is C24H21F3N4O4. The van der Waals surface area contributed by atoms with Crippen LogP contribution in [-0.2, 0) is 24.5 Å². The molecule has 0 aliphatic heterocycles. The largest absolute Gasteiger partial charge is 0.573 e. The second kappa shape index (κ2) is 11.3.